The van der Waals surface area contributed by atoms with Crippen molar-refractivity contribution in [1.29, 1.82) is 0 Å². The molecule has 0 atom stereocenters. The van der Waals surface area contributed by atoms with Gasteiger partial charge in [-0.2, -0.15) is 0 Å². The van der Waals surface area contributed by atoms with Crippen molar-refractivity contribution in [2.45, 2.75) is 19.8 Å². The van der Waals surface area contributed by atoms with E-state index in [1.807, 2.05) is 4.90 Å². The van der Waals surface area contributed by atoms with Crippen molar-refractivity contribution in [2.75, 3.05) is 19.6 Å². The molecule has 0 unspecified atom stereocenters. The fourth-order valence-corrected chi connectivity index (χ4v) is 3.64. The number of rotatable bonds is 4. The molecule has 0 radical (unpaired) electrons. The predicted octanol–water partition coefficient (Wildman–Crippen LogP) is 0.827. The van der Waals surface area contributed by atoms with Crippen molar-refractivity contribution in [2.24, 2.45) is 13.0 Å². The van der Waals surface area contributed by atoms with Gasteiger partial charge >= 0.3 is 0 Å². The van der Waals surface area contributed by atoms with Gasteiger partial charge in [0.2, 0.25) is 0 Å². The zero-order chi connectivity index (χ0) is 18.7. The number of carbonyl (C=O) groups excluding carboxylic acids is 2. The minimum atomic E-state index is -0.351. The smallest absolute Gasteiger partial charge is 0.267 e. The van der Waals surface area contributed by atoms with Gasteiger partial charge in [0.05, 0.1) is 5.69 Å². The fourth-order valence-electron chi connectivity index (χ4n) is 3.01. The number of carbonyl (C=O) groups is 2. The first kappa shape index (κ1) is 18.2. The number of hydrogen-bond donors (Lipinski definition) is 1. The molecular formula is C17H21N5O3S. The van der Waals surface area contributed by atoms with Gasteiger partial charge in [-0.05, 0) is 49.3 Å². The topological polar surface area (TPSA) is 97.2 Å². The van der Waals surface area contributed by atoms with Crippen LogP contribution in [0.1, 0.15) is 38.6 Å². The highest BCUT2D eigenvalue weighted by atomic mass is 32.1. The molecule has 2 aromatic heterocycles. The van der Waals surface area contributed by atoms with Crippen LogP contribution in [0.25, 0.3) is 0 Å². The van der Waals surface area contributed by atoms with Crippen LogP contribution in [0.15, 0.2) is 23.1 Å². The zero-order valence-electron chi connectivity index (χ0n) is 14.8. The average Bonchev–Trinajstić information content (AvgIpc) is 3.08. The van der Waals surface area contributed by atoms with Gasteiger partial charge in [0.15, 0.2) is 0 Å². The summed E-state index contributed by atoms with van der Waals surface area (Å²) in [5, 5.41) is 6.73. The summed E-state index contributed by atoms with van der Waals surface area (Å²) in [4.78, 5) is 39.1. The summed E-state index contributed by atoms with van der Waals surface area (Å²) in [6, 6.07) is 3.21. The van der Waals surface area contributed by atoms with Gasteiger partial charge in [-0.3, -0.25) is 14.4 Å². The molecule has 1 N–H and O–H groups in total. The van der Waals surface area contributed by atoms with E-state index in [0.29, 0.717) is 30.2 Å². The zero-order valence-corrected chi connectivity index (χ0v) is 15.6. The van der Waals surface area contributed by atoms with E-state index in [9.17, 15) is 14.4 Å². The quantitative estimate of drug-likeness (QED) is 0.854. The van der Waals surface area contributed by atoms with Crippen LogP contribution >= 0.6 is 11.5 Å². The third-order valence-corrected chi connectivity index (χ3v) is 5.48. The molecule has 0 aromatic carbocycles. The molecule has 0 spiro atoms. The largest absolute Gasteiger partial charge is 0.352 e. The summed E-state index contributed by atoms with van der Waals surface area (Å²) in [5.41, 5.74) is 0.508. The second-order valence-corrected chi connectivity index (χ2v) is 7.23. The van der Waals surface area contributed by atoms with Crippen LogP contribution in [-0.2, 0) is 7.05 Å². The molecule has 8 nitrogen and oxygen atoms in total. The van der Waals surface area contributed by atoms with Crippen LogP contribution in [0.3, 0.4) is 0 Å². The first-order valence-electron chi connectivity index (χ1n) is 8.49. The lowest BCUT2D eigenvalue weighted by atomic mass is 9.96. The number of pyridine rings is 1. The molecule has 1 fully saturated rings. The summed E-state index contributed by atoms with van der Waals surface area (Å²) >= 11 is 1.13. The van der Waals surface area contributed by atoms with E-state index in [1.165, 1.54) is 10.6 Å². The lowest BCUT2D eigenvalue weighted by Crippen LogP contribution is -2.42. The Kier molecular flexibility index (Phi) is 5.46. The van der Waals surface area contributed by atoms with Crippen molar-refractivity contribution in [1.82, 2.24) is 24.4 Å². The standard InChI is InChI=1S/C17H21N5O3S/c1-11-14(26-20-19-11)17(25)22-8-5-12(6-9-22)10-18-15(23)13-4-3-7-21(2)16(13)24/h3-4,7,12H,5-6,8-10H2,1-2H3,(H,18,23). The van der Waals surface area contributed by atoms with E-state index >= 15 is 0 Å². The molecule has 1 aliphatic heterocycles. The predicted molar refractivity (Wildman–Crippen MR) is 97.3 cm³/mol. The normalized spacial score (nSPS) is 15.1. The summed E-state index contributed by atoms with van der Waals surface area (Å²) in [5.74, 6) is -0.0833. The second kappa shape index (κ2) is 7.77. The molecular weight excluding hydrogens is 354 g/mol. The third-order valence-electron chi connectivity index (χ3n) is 4.67. The van der Waals surface area contributed by atoms with Crippen molar-refractivity contribution < 1.29 is 9.59 Å². The highest BCUT2D eigenvalue weighted by Crippen LogP contribution is 2.20. The van der Waals surface area contributed by atoms with E-state index < -0.39 is 0 Å². The van der Waals surface area contributed by atoms with Crippen LogP contribution in [0, 0.1) is 12.8 Å². The molecule has 26 heavy (non-hydrogen) atoms. The molecule has 1 aliphatic rings. The Bertz CT molecular complexity index is 867. The van der Waals surface area contributed by atoms with Crippen molar-refractivity contribution in [3.63, 3.8) is 0 Å². The number of piperidine rings is 1. The van der Waals surface area contributed by atoms with Crippen LogP contribution in [0.2, 0.25) is 0 Å². The maximum Gasteiger partial charge on any atom is 0.267 e. The van der Waals surface area contributed by atoms with Gasteiger partial charge in [0.25, 0.3) is 17.4 Å². The van der Waals surface area contributed by atoms with E-state index in [4.69, 9.17) is 0 Å². The Morgan fingerprint density at radius 2 is 2.08 bits per heavy atom. The number of amides is 2. The summed E-state index contributed by atoms with van der Waals surface area (Å²) < 4.78 is 5.20. The molecule has 138 valence electrons. The van der Waals surface area contributed by atoms with Crippen molar-refractivity contribution >= 4 is 23.3 Å². The molecule has 0 bridgehead atoms. The number of hydrogen-bond acceptors (Lipinski definition) is 6. The number of aryl methyl sites for hydroxylation is 2. The summed E-state index contributed by atoms with van der Waals surface area (Å²) in [6.07, 6.45) is 3.24. The monoisotopic (exact) mass is 375 g/mol. The molecule has 0 aliphatic carbocycles. The SMILES string of the molecule is Cc1nnsc1C(=O)N1CCC(CNC(=O)c2cccn(C)c2=O)CC1. The second-order valence-electron chi connectivity index (χ2n) is 6.47. The number of likely N-dealkylation sites (tertiary alicyclic amines) is 1. The first-order chi connectivity index (χ1) is 12.5. The van der Waals surface area contributed by atoms with E-state index in [1.54, 1.807) is 26.2 Å². The molecule has 2 aromatic rings. The number of nitrogens with one attached hydrogen (secondary N) is 1. The van der Waals surface area contributed by atoms with Crippen LogP contribution in [0.4, 0.5) is 0 Å². The molecule has 3 rings (SSSR count). The minimum Gasteiger partial charge on any atom is -0.352 e. The molecule has 2 amide bonds. The van der Waals surface area contributed by atoms with E-state index in [2.05, 4.69) is 14.9 Å². The lowest BCUT2D eigenvalue weighted by Gasteiger charge is -2.31. The highest BCUT2D eigenvalue weighted by Gasteiger charge is 2.26. The first-order valence-corrected chi connectivity index (χ1v) is 9.26. The highest BCUT2D eigenvalue weighted by molar-refractivity contribution is 7.07. The van der Waals surface area contributed by atoms with Crippen molar-refractivity contribution in [3.05, 3.63) is 44.8 Å². The Balaban J connectivity index is 1.51. The van der Waals surface area contributed by atoms with Gasteiger partial charge < -0.3 is 14.8 Å². The van der Waals surface area contributed by atoms with Gasteiger partial charge in [0, 0.05) is 32.9 Å². The van der Waals surface area contributed by atoms with Crippen LogP contribution < -0.4 is 10.9 Å². The average molecular weight is 375 g/mol. The molecule has 1 saturated heterocycles. The number of aromatic nitrogens is 3. The Morgan fingerprint density at radius 3 is 2.73 bits per heavy atom. The molecule has 9 heteroatoms. The summed E-state index contributed by atoms with van der Waals surface area (Å²) in [6.45, 7) is 3.57. The maximum absolute atomic E-state index is 12.5. The Hall–Kier alpha value is -2.55. The number of nitrogens with zero attached hydrogens (tertiary/aromatic N) is 4. The van der Waals surface area contributed by atoms with Crippen LogP contribution in [-0.4, -0.2) is 50.5 Å². The van der Waals surface area contributed by atoms with Gasteiger partial charge in [-0.25, -0.2) is 0 Å². The Morgan fingerprint density at radius 1 is 1.35 bits per heavy atom. The van der Waals surface area contributed by atoms with Gasteiger partial charge in [-0.15, -0.1) is 5.10 Å². The molecule has 3 heterocycles. The van der Waals surface area contributed by atoms with E-state index in [-0.39, 0.29) is 28.9 Å². The van der Waals surface area contributed by atoms with Crippen molar-refractivity contribution in [3.8, 4) is 0 Å². The third kappa shape index (κ3) is 3.82. The maximum atomic E-state index is 12.5. The molecule has 0 saturated carbocycles. The lowest BCUT2D eigenvalue weighted by molar-refractivity contribution is 0.0688. The van der Waals surface area contributed by atoms with E-state index in [0.717, 1.165) is 24.4 Å². The Labute approximate surface area is 155 Å². The summed E-state index contributed by atoms with van der Waals surface area (Å²) in [7, 11) is 1.62. The van der Waals surface area contributed by atoms with Gasteiger partial charge in [-0.1, -0.05) is 4.49 Å². The minimum absolute atomic E-state index is 0.0206. The van der Waals surface area contributed by atoms with Gasteiger partial charge in [0.1, 0.15) is 10.4 Å². The fraction of sp³-hybridized carbons (Fsp3) is 0.471. The van der Waals surface area contributed by atoms with Crippen LogP contribution in [0.5, 0.6) is 0 Å².